The summed E-state index contributed by atoms with van der Waals surface area (Å²) in [7, 11) is 0. The van der Waals surface area contributed by atoms with E-state index in [-0.39, 0.29) is 0 Å². The van der Waals surface area contributed by atoms with Gasteiger partial charge in [0.2, 0.25) is 0 Å². The maximum absolute atomic E-state index is 6.06. The van der Waals surface area contributed by atoms with Crippen LogP contribution in [0.5, 0.6) is 0 Å². The van der Waals surface area contributed by atoms with Crippen LogP contribution in [0.25, 0.3) is 11.4 Å². The van der Waals surface area contributed by atoms with Crippen LogP contribution in [0.2, 0.25) is 5.02 Å². The third kappa shape index (κ3) is 4.30. The number of rotatable bonds is 5. The first-order chi connectivity index (χ1) is 13.2. The molecule has 1 saturated heterocycles. The zero-order valence-electron chi connectivity index (χ0n) is 14.9. The fourth-order valence-corrected chi connectivity index (χ4v) is 3.56. The fourth-order valence-electron chi connectivity index (χ4n) is 3.19. The lowest BCUT2D eigenvalue weighted by atomic mass is 10.2. The molecule has 1 aliphatic heterocycles. The molecule has 0 atom stereocenters. The Hall–Kier alpha value is -1.99. The standard InChI is InChI=1S/C20H21ClN4OS/c21-18-8-6-17(7-9-18)19-22-25(15-23-10-12-26-13-11-23)20(27)24(19)14-16-4-2-1-3-5-16/h1-9H,10-15H2. The fraction of sp³-hybridized carbons (Fsp3) is 0.300. The van der Waals surface area contributed by atoms with E-state index in [1.807, 2.05) is 47.1 Å². The molecular formula is C20H21ClN4OS. The van der Waals surface area contributed by atoms with Crippen LogP contribution in [-0.4, -0.2) is 45.6 Å². The molecule has 1 aromatic heterocycles. The van der Waals surface area contributed by atoms with Crippen LogP contribution in [-0.2, 0) is 18.0 Å². The van der Waals surface area contributed by atoms with Gasteiger partial charge in [-0.1, -0.05) is 41.9 Å². The summed E-state index contributed by atoms with van der Waals surface area (Å²) < 4.78 is 10.2. The van der Waals surface area contributed by atoms with Crippen molar-refractivity contribution in [3.8, 4) is 11.4 Å². The summed E-state index contributed by atoms with van der Waals surface area (Å²) in [5.41, 5.74) is 2.19. The van der Waals surface area contributed by atoms with E-state index in [2.05, 4.69) is 21.6 Å². The molecule has 0 N–H and O–H groups in total. The third-order valence-corrected chi connectivity index (χ3v) is 5.33. The summed E-state index contributed by atoms with van der Waals surface area (Å²) in [4.78, 5) is 2.31. The molecule has 3 aromatic rings. The molecule has 0 spiro atoms. The zero-order chi connectivity index (χ0) is 18.6. The van der Waals surface area contributed by atoms with Crippen LogP contribution in [0.1, 0.15) is 5.56 Å². The highest BCUT2D eigenvalue weighted by Crippen LogP contribution is 2.22. The van der Waals surface area contributed by atoms with E-state index in [0.717, 1.165) is 42.5 Å². The van der Waals surface area contributed by atoms with Gasteiger partial charge in [0.25, 0.3) is 0 Å². The van der Waals surface area contributed by atoms with Crippen LogP contribution < -0.4 is 0 Å². The normalized spacial score (nSPS) is 15.1. The number of hydrogen-bond donors (Lipinski definition) is 0. The van der Waals surface area contributed by atoms with Gasteiger partial charge in [-0.15, -0.1) is 0 Å². The first-order valence-electron chi connectivity index (χ1n) is 8.98. The monoisotopic (exact) mass is 400 g/mol. The van der Waals surface area contributed by atoms with E-state index in [9.17, 15) is 0 Å². The molecule has 2 heterocycles. The summed E-state index contributed by atoms with van der Waals surface area (Å²) in [6.45, 7) is 4.64. The van der Waals surface area contributed by atoms with Crippen molar-refractivity contribution in [3.63, 3.8) is 0 Å². The number of nitrogens with zero attached hydrogens (tertiary/aromatic N) is 4. The van der Waals surface area contributed by atoms with Gasteiger partial charge in [-0.3, -0.25) is 9.47 Å². The van der Waals surface area contributed by atoms with Gasteiger partial charge in [0, 0.05) is 23.7 Å². The van der Waals surface area contributed by atoms with Gasteiger partial charge in [0.15, 0.2) is 10.6 Å². The van der Waals surface area contributed by atoms with Crippen molar-refractivity contribution >= 4 is 23.8 Å². The lowest BCUT2D eigenvalue weighted by Crippen LogP contribution is -2.37. The Bertz CT molecular complexity index is 946. The van der Waals surface area contributed by atoms with E-state index in [4.69, 9.17) is 33.7 Å². The summed E-state index contributed by atoms with van der Waals surface area (Å²) in [5, 5.41) is 5.56. The molecule has 0 aliphatic carbocycles. The molecule has 5 nitrogen and oxygen atoms in total. The first kappa shape index (κ1) is 18.4. The smallest absolute Gasteiger partial charge is 0.199 e. The summed E-state index contributed by atoms with van der Waals surface area (Å²) in [6, 6.07) is 18.0. The van der Waals surface area contributed by atoms with Gasteiger partial charge in [-0.2, -0.15) is 5.10 Å². The Morgan fingerprint density at radius 3 is 2.41 bits per heavy atom. The highest BCUT2D eigenvalue weighted by atomic mass is 35.5. The Morgan fingerprint density at radius 2 is 1.70 bits per heavy atom. The van der Waals surface area contributed by atoms with Crippen LogP contribution in [0.3, 0.4) is 0 Å². The molecule has 0 bridgehead atoms. The molecule has 2 aromatic carbocycles. The van der Waals surface area contributed by atoms with Gasteiger partial charge in [-0.25, -0.2) is 4.68 Å². The number of hydrogen-bond acceptors (Lipinski definition) is 4. The van der Waals surface area contributed by atoms with Gasteiger partial charge >= 0.3 is 0 Å². The molecule has 0 amide bonds. The lowest BCUT2D eigenvalue weighted by Gasteiger charge is -2.26. The average Bonchev–Trinajstić information content (AvgIpc) is 3.00. The molecular weight excluding hydrogens is 380 g/mol. The maximum Gasteiger partial charge on any atom is 0.199 e. The van der Waals surface area contributed by atoms with E-state index in [1.165, 1.54) is 5.56 Å². The lowest BCUT2D eigenvalue weighted by molar-refractivity contribution is 0.0209. The topological polar surface area (TPSA) is 35.2 Å². The quantitative estimate of drug-likeness (QED) is 0.605. The third-order valence-electron chi connectivity index (χ3n) is 4.65. The van der Waals surface area contributed by atoms with Crippen molar-refractivity contribution in [3.05, 3.63) is 70.0 Å². The molecule has 1 aliphatic rings. The van der Waals surface area contributed by atoms with Crippen molar-refractivity contribution in [2.75, 3.05) is 26.3 Å². The molecule has 0 unspecified atom stereocenters. The van der Waals surface area contributed by atoms with Crippen LogP contribution >= 0.6 is 23.8 Å². The van der Waals surface area contributed by atoms with Crippen molar-refractivity contribution in [2.45, 2.75) is 13.2 Å². The molecule has 7 heteroatoms. The molecule has 27 heavy (non-hydrogen) atoms. The number of benzene rings is 2. The van der Waals surface area contributed by atoms with Crippen molar-refractivity contribution in [1.29, 1.82) is 0 Å². The first-order valence-corrected chi connectivity index (χ1v) is 9.77. The summed E-state index contributed by atoms with van der Waals surface area (Å²) in [5.74, 6) is 0.855. The Labute approximate surface area is 168 Å². The highest BCUT2D eigenvalue weighted by molar-refractivity contribution is 7.71. The Morgan fingerprint density at radius 1 is 1.00 bits per heavy atom. The molecule has 0 saturated carbocycles. The van der Waals surface area contributed by atoms with E-state index in [0.29, 0.717) is 18.2 Å². The minimum Gasteiger partial charge on any atom is -0.379 e. The summed E-state index contributed by atoms with van der Waals surface area (Å²) >= 11 is 11.8. The van der Waals surface area contributed by atoms with E-state index < -0.39 is 0 Å². The molecule has 0 radical (unpaired) electrons. The number of aromatic nitrogens is 3. The average molecular weight is 401 g/mol. The Kier molecular flexibility index (Phi) is 5.69. The molecule has 1 fully saturated rings. The highest BCUT2D eigenvalue weighted by Gasteiger charge is 2.17. The van der Waals surface area contributed by atoms with Crippen molar-refractivity contribution in [1.82, 2.24) is 19.2 Å². The summed E-state index contributed by atoms with van der Waals surface area (Å²) in [6.07, 6.45) is 0. The van der Waals surface area contributed by atoms with Crippen LogP contribution in [0.15, 0.2) is 54.6 Å². The molecule has 140 valence electrons. The van der Waals surface area contributed by atoms with E-state index in [1.54, 1.807) is 0 Å². The van der Waals surface area contributed by atoms with Gasteiger partial charge in [0.05, 0.1) is 26.4 Å². The number of halogens is 1. The van der Waals surface area contributed by atoms with Crippen LogP contribution in [0, 0.1) is 4.77 Å². The second-order valence-corrected chi connectivity index (χ2v) is 7.36. The maximum atomic E-state index is 6.06. The molecule has 4 rings (SSSR count). The van der Waals surface area contributed by atoms with Gasteiger partial charge < -0.3 is 4.74 Å². The largest absolute Gasteiger partial charge is 0.379 e. The second-order valence-electron chi connectivity index (χ2n) is 6.56. The van der Waals surface area contributed by atoms with E-state index >= 15 is 0 Å². The van der Waals surface area contributed by atoms with Crippen molar-refractivity contribution in [2.24, 2.45) is 0 Å². The van der Waals surface area contributed by atoms with Crippen LogP contribution in [0.4, 0.5) is 0 Å². The minimum absolute atomic E-state index is 0.671. The van der Waals surface area contributed by atoms with Gasteiger partial charge in [0.1, 0.15) is 0 Å². The number of morpholine rings is 1. The van der Waals surface area contributed by atoms with Crippen molar-refractivity contribution < 1.29 is 4.74 Å². The SMILES string of the molecule is S=c1n(CN2CCOCC2)nc(-c2ccc(Cl)cc2)n1Cc1ccccc1. The minimum atomic E-state index is 0.671. The number of ether oxygens (including phenoxy) is 1. The second kappa shape index (κ2) is 8.35. The van der Waals surface area contributed by atoms with Gasteiger partial charge in [-0.05, 0) is 42.0 Å². The predicted octanol–water partition coefficient (Wildman–Crippen LogP) is 4.07. The predicted molar refractivity (Wildman–Crippen MR) is 109 cm³/mol. The Balaban J connectivity index is 1.71. The zero-order valence-corrected chi connectivity index (χ0v) is 16.5.